The van der Waals surface area contributed by atoms with Crippen molar-refractivity contribution in [2.45, 2.75) is 12.3 Å². The molecule has 1 aliphatic rings. The number of benzene rings is 2. The van der Waals surface area contributed by atoms with Gasteiger partial charge < -0.3 is 14.8 Å². The topological polar surface area (TPSA) is 78.3 Å². The van der Waals surface area contributed by atoms with Crippen LogP contribution in [0.2, 0.25) is 0 Å². The highest BCUT2D eigenvalue weighted by atomic mass is 32.1. The minimum absolute atomic E-state index is 0.0636. The summed E-state index contributed by atoms with van der Waals surface area (Å²) in [6.45, 7) is 4.06. The number of carbonyl (C=O) groups is 1. The van der Waals surface area contributed by atoms with Gasteiger partial charge in [-0.05, 0) is 29.8 Å². The van der Waals surface area contributed by atoms with Crippen molar-refractivity contribution in [1.29, 1.82) is 0 Å². The number of carbonyl (C=O) groups excluding carboxylic acids is 1. The van der Waals surface area contributed by atoms with E-state index >= 15 is 0 Å². The number of aromatic nitrogens is 3. The predicted molar refractivity (Wildman–Crippen MR) is 121 cm³/mol. The van der Waals surface area contributed by atoms with Gasteiger partial charge in [0.15, 0.2) is 11.5 Å². The number of rotatable bonds is 6. The second kappa shape index (κ2) is 7.88. The number of hydrogen-bond acceptors (Lipinski definition) is 6. The van der Waals surface area contributed by atoms with Crippen LogP contribution >= 0.6 is 11.3 Å². The second-order valence-electron chi connectivity index (χ2n) is 7.14. The monoisotopic (exact) mass is 432 g/mol. The summed E-state index contributed by atoms with van der Waals surface area (Å²) in [5, 5.41) is 8.25. The molecule has 5 rings (SSSR count). The van der Waals surface area contributed by atoms with Crippen LogP contribution in [0.5, 0.6) is 11.5 Å². The molecule has 31 heavy (non-hydrogen) atoms. The Kier molecular flexibility index (Phi) is 4.91. The predicted octanol–water partition coefficient (Wildman–Crippen LogP) is 4.53. The van der Waals surface area contributed by atoms with Crippen LogP contribution in [0.4, 0.5) is 5.82 Å². The van der Waals surface area contributed by atoms with Crippen LogP contribution < -0.4 is 14.8 Å². The number of nitrogens with zero attached hydrogens (tertiary/aromatic N) is 3. The number of methoxy groups -OCH3 is 1. The maximum absolute atomic E-state index is 12.6. The Bertz CT molecular complexity index is 1260. The van der Waals surface area contributed by atoms with E-state index in [4.69, 9.17) is 9.47 Å². The number of amides is 1. The van der Waals surface area contributed by atoms with E-state index in [1.165, 1.54) is 11.3 Å². The molecule has 0 radical (unpaired) electrons. The molecular weight excluding hydrogens is 412 g/mol. The third kappa shape index (κ3) is 3.44. The number of fused-ring (bicyclic) bond motifs is 2. The first-order chi connectivity index (χ1) is 15.2. The van der Waals surface area contributed by atoms with Crippen molar-refractivity contribution in [3.8, 4) is 16.6 Å². The maximum Gasteiger partial charge on any atom is 0.226 e. The van der Waals surface area contributed by atoms with E-state index in [-0.39, 0.29) is 11.8 Å². The van der Waals surface area contributed by atoms with Gasteiger partial charge in [0.2, 0.25) is 11.0 Å². The van der Waals surface area contributed by atoms with Gasteiger partial charge >= 0.3 is 0 Å². The molecular formula is C23H20N4O3S. The molecule has 1 atom stereocenters. The Balaban J connectivity index is 1.55. The normalized spacial score (nSPS) is 15.4. The SMILES string of the molecule is C=CCOc1ccc([C@@H]2CC(=O)Nc3c2cnn3-c2nc3ccccc3s2)cc1OC. The van der Waals surface area contributed by atoms with Gasteiger partial charge in [-0.1, -0.05) is 42.2 Å². The van der Waals surface area contributed by atoms with Crippen molar-refractivity contribution >= 4 is 33.3 Å². The zero-order valence-corrected chi connectivity index (χ0v) is 17.7. The van der Waals surface area contributed by atoms with Crippen LogP contribution in [0, 0.1) is 0 Å². The van der Waals surface area contributed by atoms with Crippen molar-refractivity contribution in [3.05, 3.63) is 72.4 Å². The van der Waals surface area contributed by atoms with Crippen molar-refractivity contribution in [2.75, 3.05) is 19.0 Å². The first kappa shape index (κ1) is 19.3. The molecule has 1 N–H and O–H groups in total. The molecule has 2 aromatic heterocycles. The Labute approximate surface area is 182 Å². The third-order valence-electron chi connectivity index (χ3n) is 5.23. The summed E-state index contributed by atoms with van der Waals surface area (Å²) >= 11 is 1.54. The molecule has 1 aliphatic heterocycles. The van der Waals surface area contributed by atoms with Crippen LogP contribution in [-0.4, -0.2) is 34.4 Å². The first-order valence-electron chi connectivity index (χ1n) is 9.83. The van der Waals surface area contributed by atoms with Crippen LogP contribution in [-0.2, 0) is 4.79 Å². The van der Waals surface area contributed by atoms with E-state index in [0.717, 1.165) is 21.3 Å². The summed E-state index contributed by atoms with van der Waals surface area (Å²) in [6.07, 6.45) is 3.82. The van der Waals surface area contributed by atoms with Crippen molar-refractivity contribution in [1.82, 2.24) is 14.8 Å². The third-order valence-corrected chi connectivity index (χ3v) is 6.24. The van der Waals surface area contributed by atoms with Gasteiger partial charge in [-0.25, -0.2) is 4.98 Å². The van der Waals surface area contributed by atoms with E-state index in [1.54, 1.807) is 24.1 Å². The average Bonchev–Trinajstić information content (AvgIpc) is 3.40. The lowest BCUT2D eigenvalue weighted by molar-refractivity contribution is -0.116. The Morgan fingerprint density at radius 3 is 2.97 bits per heavy atom. The molecule has 0 saturated heterocycles. The maximum atomic E-state index is 12.6. The number of para-hydroxylation sites is 1. The highest BCUT2D eigenvalue weighted by Crippen LogP contribution is 2.41. The van der Waals surface area contributed by atoms with Gasteiger partial charge in [0.1, 0.15) is 12.4 Å². The molecule has 3 heterocycles. The van der Waals surface area contributed by atoms with Crippen molar-refractivity contribution in [2.24, 2.45) is 0 Å². The van der Waals surface area contributed by atoms with E-state index in [9.17, 15) is 4.79 Å². The number of hydrogen-bond donors (Lipinski definition) is 1. The van der Waals surface area contributed by atoms with Gasteiger partial charge in [0.05, 0.1) is 23.5 Å². The molecule has 2 aromatic carbocycles. The fourth-order valence-corrected chi connectivity index (χ4v) is 4.71. The van der Waals surface area contributed by atoms with Crippen LogP contribution in [0.15, 0.2) is 61.3 Å². The zero-order chi connectivity index (χ0) is 21.4. The van der Waals surface area contributed by atoms with Crippen LogP contribution in [0.3, 0.4) is 0 Å². The Morgan fingerprint density at radius 1 is 1.29 bits per heavy atom. The van der Waals surface area contributed by atoms with E-state index in [0.29, 0.717) is 35.5 Å². The van der Waals surface area contributed by atoms with Crippen molar-refractivity contribution < 1.29 is 14.3 Å². The van der Waals surface area contributed by atoms with Crippen LogP contribution in [0.25, 0.3) is 15.3 Å². The molecule has 0 aliphatic carbocycles. The number of thiazole rings is 1. The summed E-state index contributed by atoms with van der Waals surface area (Å²) in [5.74, 6) is 1.70. The number of nitrogens with one attached hydrogen (secondary N) is 1. The zero-order valence-electron chi connectivity index (χ0n) is 16.9. The lowest BCUT2D eigenvalue weighted by Gasteiger charge is -2.24. The molecule has 0 spiro atoms. The largest absolute Gasteiger partial charge is 0.493 e. The summed E-state index contributed by atoms with van der Waals surface area (Å²) in [6, 6.07) is 13.7. The molecule has 0 unspecified atom stereocenters. The van der Waals surface area contributed by atoms with Gasteiger partial charge in [0, 0.05) is 17.9 Å². The number of ether oxygens (including phenoxy) is 2. The van der Waals surface area contributed by atoms with Gasteiger partial charge in [-0.2, -0.15) is 9.78 Å². The highest BCUT2D eigenvalue weighted by Gasteiger charge is 2.31. The minimum Gasteiger partial charge on any atom is -0.493 e. The molecule has 0 fully saturated rings. The number of anilines is 1. The van der Waals surface area contributed by atoms with Gasteiger partial charge in [-0.3, -0.25) is 4.79 Å². The molecule has 7 nitrogen and oxygen atoms in total. The fraction of sp³-hybridized carbons (Fsp3) is 0.174. The molecule has 4 aromatic rings. The Morgan fingerprint density at radius 2 is 2.16 bits per heavy atom. The van der Waals surface area contributed by atoms with E-state index in [1.807, 2.05) is 42.5 Å². The minimum atomic E-state index is -0.144. The lowest BCUT2D eigenvalue weighted by atomic mass is 9.87. The summed E-state index contributed by atoms with van der Waals surface area (Å²) < 4.78 is 13.9. The summed E-state index contributed by atoms with van der Waals surface area (Å²) in [5.41, 5.74) is 2.81. The molecule has 8 heteroatoms. The first-order valence-corrected chi connectivity index (χ1v) is 10.6. The van der Waals surface area contributed by atoms with Gasteiger partial charge in [0.25, 0.3) is 0 Å². The molecule has 0 bridgehead atoms. The standard InChI is InChI=1S/C23H20N4O3S/c1-3-10-30-18-9-8-14(11-19(18)29-2)15-12-21(28)26-22-16(15)13-24-27(22)23-25-17-6-4-5-7-20(17)31-23/h3-9,11,13,15H,1,10,12H2,2H3,(H,26,28)/t15-/m0/s1. The van der Waals surface area contributed by atoms with Crippen LogP contribution in [0.1, 0.15) is 23.5 Å². The van der Waals surface area contributed by atoms with E-state index in [2.05, 4.69) is 22.0 Å². The average molecular weight is 433 g/mol. The highest BCUT2D eigenvalue weighted by molar-refractivity contribution is 7.20. The second-order valence-corrected chi connectivity index (χ2v) is 8.15. The summed E-state index contributed by atoms with van der Waals surface area (Å²) in [4.78, 5) is 17.3. The Hall–Kier alpha value is -3.65. The van der Waals surface area contributed by atoms with Gasteiger partial charge in [-0.15, -0.1) is 0 Å². The molecule has 0 saturated carbocycles. The lowest BCUT2D eigenvalue weighted by Crippen LogP contribution is -2.24. The summed E-state index contributed by atoms with van der Waals surface area (Å²) in [7, 11) is 1.60. The smallest absolute Gasteiger partial charge is 0.226 e. The van der Waals surface area contributed by atoms with Crippen molar-refractivity contribution in [3.63, 3.8) is 0 Å². The fourth-order valence-electron chi connectivity index (χ4n) is 3.78. The quantitative estimate of drug-likeness (QED) is 0.453. The molecule has 156 valence electrons. The molecule has 1 amide bonds. The van der Waals surface area contributed by atoms with E-state index < -0.39 is 0 Å².